The molecular weight excluding hydrogens is 250 g/mol. The Labute approximate surface area is 112 Å². The minimum atomic E-state index is -0.139. The van der Waals surface area contributed by atoms with E-state index in [2.05, 4.69) is 10.2 Å². The molecule has 98 valence electrons. The first-order valence-electron chi connectivity index (χ1n) is 6.20. The number of nitrogens with zero attached hydrogens (tertiary/aromatic N) is 1. The lowest BCUT2D eigenvalue weighted by Crippen LogP contribution is -2.55. The number of nitrogens with two attached hydrogens (primary N) is 1. The standard InChI is InChI=1S/C13H18ClN3O/c1-2-11-13(18)16-5-6-17(11)12-4-3-9(8-15)7-10(12)14/h3-4,7,11H,2,5-6,8,15H2,1H3,(H,16,18). The molecular formula is C13H18ClN3O. The number of piperazine rings is 1. The molecule has 0 aliphatic carbocycles. The highest BCUT2D eigenvalue weighted by molar-refractivity contribution is 6.33. The fourth-order valence-corrected chi connectivity index (χ4v) is 2.63. The van der Waals surface area contributed by atoms with E-state index >= 15 is 0 Å². The largest absolute Gasteiger partial charge is 0.357 e. The molecule has 5 heteroatoms. The van der Waals surface area contributed by atoms with Gasteiger partial charge in [0.25, 0.3) is 0 Å². The van der Waals surface area contributed by atoms with Crippen LogP contribution in [-0.4, -0.2) is 25.0 Å². The third-order valence-corrected chi connectivity index (χ3v) is 3.58. The van der Waals surface area contributed by atoms with E-state index in [9.17, 15) is 4.79 Å². The summed E-state index contributed by atoms with van der Waals surface area (Å²) in [4.78, 5) is 13.9. The van der Waals surface area contributed by atoms with E-state index in [0.717, 1.165) is 24.2 Å². The van der Waals surface area contributed by atoms with E-state index < -0.39 is 0 Å². The SMILES string of the molecule is CCC1C(=O)NCCN1c1ccc(CN)cc1Cl. The molecule has 0 aromatic heterocycles. The maximum Gasteiger partial charge on any atom is 0.242 e. The molecule has 1 aromatic carbocycles. The van der Waals surface area contributed by atoms with E-state index in [1.807, 2.05) is 25.1 Å². The van der Waals surface area contributed by atoms with Crippen LogP contribution >= 0.6 is 11.6 Å². The molecule has 0 bridgehead atoms. The highest BCUT2D eigenvalue weighted by Crippen LogP contribution is 2.29. The van der Waals surface area contributed by atoms with Crippen molar-refractivity contribution in [2.75, 3.05) is 18.0 Å². The van der Waals surface area contributed by atoms with Gasteiger partial charge >= 0.3 is 0 Å². The highest BCUT2D eigenvalue weighted by Gasteiger charge is 2.29. The number of rotatable bonds is 3. The van der Waals surface area contributed by atoms with Crippen molar-refractivity contribution in [3.63, 3.8) is 0 Å². The zero-order chi connectivity index (χ0) is 13.1. The molecule has 1 atom stereocenters. The smallest absolute Gasteiger partial charge is 0.242 e. The zero-order valence-corrected chi connectivity index (χ0v) is 11.2. The van der Waals surface area contributed by atoms with E-state index in [0.29, 0.717) is 18.1 Å². The normalized spacial score (nSPS) is 19.8. The van der Waals surface area contributed by atoms with Crippen molar-refractivity contribution in [3.05, 3.63) is 28.8 Å². The third-order valence-electron chi connectivity index (χ3n) is 3.27. The summed E-state index contributed by atoms with van der Waals surface area (Å²) >= 11 is 6.28. The van der Waals surface area contributed by atoms with Crippen LogP contribution in [0.5, 0.6) is 0 Å². The quantitative estimate of drug-likeness (QED) is 0.873. The summed E-state index contributed by atoms with van der Waals surface area (Å²) in [6.07, 6.45) is 0.765. The van der Waals surface area contributed by atoms with Gasteiger partial charge in [-0.1, -0.05) is 24.6 Å². The average molecular weight is 268 g/mol. The van der Waals surface area contributed by atoms with Gasteiger partial charge in [-0.3, -0.25) is 4.79 Å². The maximum absolute atomic E-state index is 11.8. The topological polar surface area (TPSA) is 58.4 Å². The van der Waals surface area contributed by atoms with Crippen LogP contribution in [0.15, 0.2) is 18.2 Å². The predicted octanol–water partition coefficient (Wildman–Crippen LogP) is 1.51. The van der Waals surface area contributed by atoms with Gasteiger partial charge in [-0.25, -0.2) is 0 Å². The van der Waals surface area contributed by atoms with Crippen LogP contribution in [0.1, 0.15) is 18.9 Å². The van der Waals surface area contributed by atoms with Crippen LogP contribution in [-0.2, 0) is 11.3 Å². The van der Waals surface area contributed by atoms with Crippen LogP contribution in [0, 0.1) is 0 Å². The Hall–Kier alpha value is -1.26. The summed E-state index contributed by atoms with van der Waals surface area (Å²) < 4.78 is 0. The van der Waals surface area contributed by atoms with Gasteiger partial charge in [0.1, 0.15) is 6.04 Å². The third kappa shape index (κ3) is 2.44. The lowest BCUT2D eigenvalue weighted by Gasteiger charge is -2.36. The predicted molar refractivity (Wildman–Crippen MR) is 73.8 cm³/mol. The molecule has 1 saturated heterocycles. The van der Waals surface area contributed by atoms with Crippen molar-refractivity contribution < 1.29 is 4.79 Å². The summed E-state index contributed by atoms with van der Waals surface area (Å²) in [5.41, 5.74) is 7.50. The van der Waals surface area contributed by atoms with E-state index in [1.165, 1.54) is 0 Å². The van der Waals surface area contributed by atoms with Gasteiger partial charge in [0.2, 0.25) is 5.91 Å². The van der Waals surface area contributed by atoms with Crippen molar-refractivity contribution in [3.8, 4) is 0 Å². The number of anilines is 1. The van der Waals surface area contributed by atoms with Gasteiger partial charge in [-0.05, 0) is 24.1 Å². The molecule has 1 heterocycles. The molecule has 2 rings (SSSR count). The Balaban J connectivity index is 2.31. The molecule has 1 unspecified atom stereocenters. The molecule has 1 amide bonds. The number of carbonyl (C=O) groups is 1. The second-order valence-corrected chi connectivity index (χ2v) is 4.81. The van der Waals surface area contributed by atoms with Gasteiger partial charge in [0, 0.05) is 19.6 Å². The first-order valence-corrected chi connectivity index (χ1v) is 6.58. The van der Waals surface area contributed by atoms with Crippen LogP contribution < -0.4 is 16.0 Å². The second kappa shape index (κ2) is 5.59. The maximum atomic E-state index is 11.8. The summed E-state index contributed by atoms with van der Waals surface area (Å²) in [7, 11) is 0. The number of halogens is 1. The van der Waals surface area contributed by atoms with E-state index in [-0.39, 0.29) is 11.9 Å². The van der Waals surface area contributed by atoms with Crippen LogP contribution in [0.3, 0.4) is 0 Å². The Morgan fingerprint density at radius 1 is 1.56 bits per heavy atom. The van der Waals surface area contributed by atoms with Crippen molar-refractivity contribution in [2.45, 2.75) is 25.9 Å². The molecule has 1 aromatic rings. The summed E-state index contributed by atoms with van der Waals surface area (Å²) in [5, 5.41) is 3.54. The fourth-order valence-electron chi connectivity index (χ4n) is 2.32. The number of nitrogens with one attached hydrogen (secondary N) is 1. The molecule has 3 N–H and O–H groups in total. The van der Waals surface area contributed by atoms with Crippen molar-refractivity contribution in [1.29, 1.82) is 0 Å². The number of benzene rings is 1. The fraction of sp³-hybridized carbons (Fsp3) is 0.462. The molecule has 0 spiro atoms. The van der Waals surface area contributed by atoms with E-state index in [1.54, 1.807) is 0 Å². The molecule has 4 nitrogen and oxygen atoms in total. The first kappa shape index (κ1) is 13.2. The van der Waals surface area contributed by atoms with Gasteiger partial charge in [0.05, 0.1) is 10.7 Å². The Bertz CT molecular complexity index is 450. The van der Waals surface area contributed by atoms with Gasteiger partial charge in [0.15, 0.2) is 0 Å². The number of hydrogen-bond donors (Lipinski definition) is 2. The molecule has 18 heavy (non-hydrogen) atoms. The lowest BCUT2D eigenvalue weighted by molar-refractivity contribution is -0.123. The van der Waals surface area contributed by atoms with Gasteiger partial charge in [-0.15, -0.1) is 0 Å². The lowest BCUT2D eigenvalue weighted by atomic mass is 10.1. The molecule has 1 fully saturated rings. The van der Waals surface area contributed by atoms with Crippen LogP contribution in [0.4, 0.5) is 5.69 Å². The van der Waals surface area contributed by atoms with Gasteiger partial charge in [-0.2, -0.15) is 0 Å². The average Bonchev–Trinajstić information content (AvgIpc) is 2.38. The summed E-state index contributed by atoms with van der Waals surface area (Å²) in [5.74, 6) is 0.0720. The highest BCUT2D eigenvalue weighted by atomic mass is 35.5. The van der Waals surface area contributed by atoms with Gasteiger partial charge < -0.3 is 16.0 Å². The monoisotopic (exact) mass is 267 g/mol. The summed E-state index contributed by atoms with van der Waals surface area (Å²) in [6, 6.07) is 5.64. The van der Waals surface area contributed by atoms with Crippen molar-refractivity contribution in [2.24, 2.45) is 5.73 Å². The Morgan fingerprint density at radius 3 is 2.94 bits per heavy atom. The number of amides is 1. The summed E-state index contributed by atoms with van der Waals surface area (Å²) in [6.45, 7) is 3.92. The number of carbonyl (C=O) groups excluding carboxylic acids is 1. The second-order valence-electron chi connectivity index (χ2n) is 4.40. The Morgan fingerprint density at radius 2 is 2.33 bits per heavy atom. The first-order chi connectivity index (χ1) is 8.67. The van der Waals surface area contributed by atoms with Crippen molar-refractivity contribution in [1.82, 2.24) is 5.32 Å². The zero-order valence-electron chi connectivity index (χ0n) is 10.4. The van der Waals surface area contributed by atoms with Crippen LogP contribution in [0.2, 0.25) is 5.02 Å². The van der Waals surface area contributed by atoms with E-state index in [4.69, 9.17) is 17.3 Å². The van der Waals surface area contributed by atoms with Crippen LogP contribution in [0.25, 0.3) is 0 Å². The minimum absolute atomic E-state index is 0.0720. The minimum Gasteiger partial charge on any atom is -0.357 e. The number of hydrogen-bond acceptors (Lipinski definition) is 3. The molecule has 0 radical (unpaired) electrons. The molecule has 1 aliphatic rings. The molecule has 1 aliphatic heterocycles. The molecule has 0 saturated carbocycles. The van der Waals surface area contributed by atoms with Crippen molar-refractivity contribution >= 4 is 23.2 Å². The Kier molecular flexibility index (Phi) is 4.09.